The van der Waals surface area contributed by atoms with E-state index in [1.54, 1.807) is 18.2 Å². The second-order valence-electron chi connectivity index (χ2n) is 8.32. The Kier molecular flexibility index (Phi) is 5.76. The zero-order valence-electron chi connectivity index (χ0n) is 17.9. The Balaban J connectivity index is 1.43. The Labute approximate surface area is 190 Å². The number of pyridine rings is 2. The Morgan fingerprint density at radius 3 is 2.64 bits per heavy atom. The molecule has 33 heavy (non-hydrogen) atoms. The van der Waals surface area contributed by atoms with Gasteiger partial charge in [-0.25, -0.2) is 9.97 Å². The molecule has 5 nitrogen and oxygen atoms in total. The van der Waals surface area contributed by atoms with Crippen molar-refractivity contribution < 1.29 is 13.2 Å². The van der Waals surface area contributed by atoms with E-state index in [0.717, 1.165) is 44.2 Å². The summed E-state index contributed by atoms with van der Waals surface area (Å²) < 4.78 is 40.6. The van der Waals surface area contributed by atoms with Gasteiger partial charge in [0.1, 0.15) is 11.6 Å². The van der Waals surface area contributed by atoms with E-state index >= 15 is 0 Å². The van der Waals surface area contributed by atoms with E-state index in [9.17, 15) is 13.2 Å². The molecule has 0 saturated heterocycles. The molecule has 1 unspecified atom stereocenters. The Morgan fingerprint density at radius 2 is 1.88 bits per heavy atom. The van der Waals surface area contributed by atoms with E-state index < -0.39 is 11.7 Å². The van der Waals surface area contributed by atoms with Crippen LogP contribution in [-0.2, 0) is 12.6 Å². The van der Waals surface area contributed by atoms with Gasteiger partial charge in [-0.15, -0.1) is 0 Å². The molecule has 3 N–H and O–H groups in total. The van der Waals surface area contributed by atoms with Gasteiger partial charge in [0.15, 0.2) is 0 Å². The van der Waals surface area contributed by atoms with Crippen molar-refractivity contribution >= 4 is 23.0 Å². The molecule has 0 fully saturated rings. The molecular weight excluding hydrogens is 427 g/mol. The summed E-state index contributed by atoms with van der Waals surface area (Å²) in [4.78, 5) is 8.11. The fourth-order valence-corrected chi connectivity index (χ4v) is 4.60. The van der Waals surface area contributed by atoms with Crippen molar-refractivity contribution in [1.29, 1.82) is 0 Å². The maximum atomic E-state index is 13.5. The van der Waals surface area contributed by atoms with Crippen LogP contribution in [0, 0.1) is 0 Å². The molecule has 3 aromatic rings. The third kappa shape index (κ3) is 4.71. The molecule has 0 bridgehead atoms. The van der Waals surface area contributed by atoms with Crippen molar-refractivity contribution in [2.45, 2.75) is 31.4 Å². The standard InChI is InChI=1S/C25H24F3N5/c26-25(27,28)21-15-31-24(14-22(21)33-23-3-1-2-10-30-23)32-18-6-4-16-5-7-19(20(16)13-18)17-8-11-29-12-9-17/h1-4,6,8,10,13-15,19,29H,5,7,9,11-12H2,(H2,30,31,32,33). The summed E-state index contributed by atoms with van der Waals surface area (Å²) in [5.41, 5.74) is 3.98. The van der Waals surface area contributed by atoms with Gasteiger partial charge in [-0.3, -0.25) is 0 Å². The minimum atomic E-state index is -4.54. The van der Waals surface area contributed by atoms with E-state index in [4.69, 9.17) is 0 Å². The number of fused-ring (bicyclic) bond motifs is 1. The topological polar surface area (TPSA) is 61.9 Å². The maximum Gasteiger partial charge on any atom is 0.419 e. The number of aromatic nitrogens is 2. The molecule has 0 spiro atoms. The molecule has 1 aromatic carbocycles. The number of benzene rings is 1. The highest BCUT2D eigenvalue weighted by molar-refractivity contribution is 5.68. The van der Waals surface area contributed by atoms with E-state index in [1.165, 1.54) is 29.0 Å². The van der Waals surface area contributed by atoms with Gasteiger partial charge in [-0.2, -0.15) is 13.2 Å². The Bertz CT molecular complexity index is 1170. The summed E-state index contributed by atoms with van der Waals surface area (Å²) in [7, 11) is 0. The van der Waals surface area contributed by atoms with Crippen molar-refractivity contribution in [3.05, 3.63) is 83.2 Å². The molecule has 0 radical (unpaired) electrons. The molecular formula is C25H24F3N5. The number of hydrogen-bond donors (Lipinski definition) is 3. The molecule has 2 aromatic heterocycles. The Morgan fingerprint density at radius 1 is 0.970 bits per heavy atom. The van der Waals surface area contributed by atoms with Crippen LogP contribution in [0.15, 0.2) is 66.5 Å². The zero-order valence-corrected chi connectivity index (χ0v) is 17.9. The van der Waals surface area contributed by atoms with Crippen LogP contribution in [0.4, 0.5) is 36.2 Å². The summed E-state index contributed by atoms with van der Waals surface area (Å²) in [6, 6.07) is 12.6. The minimum absolute atomic E-state index is 0.0994. The lowest BCUT2D eigenvalue weighted by atomic mass is 9.89. The summed E-state index contributed by atoms with van der Waals surface area (Å²) in [6.07, 6.45) is 3.31. The van der Waals surface area contributed by atoms with Gasteiger partial charge in [-0.1, -0.05) is 23.8 Å². The predicted molar refractivity (Wildman–Crippen MR) is 123 cm³/mol. The van der Waals surface area contributed by atoms with Gasteiger partial charge in [0.2, 0.25) is 0 Å². The first-order chi connectivity index (χ1) is 16.0. The highest BCUT2D eigenvalue weighted by Crippen LogP contribution is 2.42. The lowest BCUT2D eigenvalue weighted by Crippen LogP contribution is -2.22. The molecule has 2 aliphatic rings. The summed E-state index contributed by atoms with van der Waals surface area (Å²) in [5.74, 6) is 1.07. The largest absolute Gasteiger partial charge is 0.419 e. The van der Waals surface area contributed by atoms with Crippen molar-refractivity contribution in [3.8, 4) is 0 Å². The molecule has 3 heterocycles. The van der Waals surface area contributed by atoms with Crippen molar-refractivity contribution in [2.24, 2.45) is 0 Å². The summed E-state index contributed by atoms with van der Waals surface area (Å²) in [5, 5.41) is 9.32. The molecule has 8 heteroatoms. The van der Waals surface area contributed by atoms with Gasteiger partial charge < -0.3 is 16.0 Å². The number of rotatable bonds is 5. The fourth-order valence-electron chi connectivity index (χ4n) is 4.60. The monoisotopic (exact) mass is 451 g/mol. The number of nitrogens with one attached hydrogen (secondary N) is 3. The molecule has 5 rings (SSSR count). The van der Waals surface area contributed by atoms with Crippen LogP contribution in [0.2, 0.25) is 0 Å². The van der Waals surface area contributed by atoms with Crippen molar-refractivity contribution in [1.82, 2.24) is 15.3 Å². The van der Waals surface area contributed by atoms with Crippen LogP contribution in [0.1, 0.15) is 35.4 Å². The zero-order chi connectivity index (χ0) is 22.8. The molecule has 0 saturated carbocycles. The van der Waals surface area contributed by atoms with E-state index in [-0.39, 0.29) is 5.69 Å². The van der Waals surface area contributed by atoms with Crippen LogP contribution >= 0.6 is 0 Å². The first-order valence-electron chi connectivity index (χ1n) is 11.0. The van der Waals surface area contributed by atoms with Crippen LogP contribution in [-0.4, -0.2) is 23.1 Å². The third-order valence-electron chi connectivity index (χ3n) is 6.18. The molecule has 1 atom stereocenters. The number of aryl methyl sites for hydroxylation is 1. The number of alkyl halides is 3. The summed E-state index contributed by atoms with van der Waals surface area (Å²) >= 11 is 0. The van der Waals surface area contributed by atoms with E-state index in [1.807, 2.05) is 6.07 Å². The fraction of sp³-hybridized carbons (Fsp3) is 0.280. The molecule has 1 aliphatic carbocycles. The lowest BCUT2D eigenvalue weighted by Gasteiger charge is -2.21. The van der Waals surface area contributed by atoms with Gasteiger partial charge in [0.25, 0.3) is 0 Å². The maximum absolute atomic E-state index is 13.5. The van der Waals surface area contributed by atoms with Crippen LogP contribution in [0.3, 0.4) is 0 Å². The van der Waals surface area contributed by atoms with Gasteiger partial charge in [-0.05, 0) is 61.2 Å². The van der Waals surface area contributed by atoms with E-state index in [2.05, 4.69) is 44.1 Å². The smallest absolute Gasteiger partial charge is 0.340 e. The third-order valence-corrected chi connectivity index (χ3v) is 6.18. The number of halogens is 3. The number of hydrogen-bond acceptors (Lipinski definition) is 5. The normalized spacial score (nSPS) is 17.9. The van der Waals surface area contributed by atoms with Crippen molar-refractivity contribution in [3.63, 3.8) is 0 Å². The van der Waals surface area contributed by atoms with Gasteiger partial charge >= 0.3 is 6.18 Å². The van der Waals surface area contributed by atoms with Gasteiger partial charge in [0.05, 0.1) is 11.3 Å². The van der Waals surface area contributed by atoms with Crippen molar-refractivity contribution in [2.75, 3.05) is 23.7 Å². The first-order valence-corrected chi connectivity index (χ1v) is 11.0. The SMILES string of the molecule is FC(F)(F)c1cnc(Nc2ccc3c(c2)C(C2=CCNCC2)CC3)cc1Nc1ccccn1. The minimum Gasteiger partial charge on any atom is -0.340 e. The number of anilines is 4. The number of nitrogens with zero attached hydrogens (tertiary/aromatic N) is 2. The predicted octanol–water partition coefficient (Wildman–Crippen LogP) is 5.93. The first kappa shape index (κ1) is 21.5. The average Bonchev–Trinajstić information content (AvgIpc) is 3.23. The molecule has 1 aliphatic heterocycles. The molecule has 0 amide bonds. The quantitative estimate of drug-likeness (QED) is 0.420. The van der Waals surface area contributed by atoms with Crippen LogP contribution in [0.25, 0.3) is 0 Å². The second kappa shape index (κ2) is 8.86. The average molecular weight is 451 g/mol. The van der Waals surface area contributed by atoms with Crippen LogP contribution < -0.4 is 16.0 Å². The van der Waals surface area contributed by atoms with E-state index in [0.29, 0.717) is 17.6 Å². The highest BCUT2D eigenvalue weighted by Gasteiger charge is 2.34. The Hall–Kier alpha value is -3.39. The molecule has 170 valence electrons. The highest BCUT2D eigenvalue weighted by atomic mass is 19.4. The second-order valence-corrected chi connectivity index (χ2v) is 8.32. The summed E-state index contributed by atoms with van der Waals surface area (Å²) in [6.45, 7) is 1.90. The van der Waals surface area contributed by atoms with Gasteiger partial charge in [0, 0.05) is 36.6 Å². The van der Waals surface area contributed by atoms with Crippen LogP contribution in [0.5, 0.6) is 0 Å². The lowest BCUT2D eigenvalue weighted by molar-refractivity contribution is -0.137.